The van der Waals surface area contributed by atoms with Crippen LogP contribution in [-0.4, -0.2) is 45.8 Å². The average molecular weight is 432 g/mol. The molecule has 0 fully saturated rings. The van der Waals surface area contributed by atoms with E-state index in [1.807, 2.05) is 61.3 Å². The number of hydrogen-bond donors (Lipinski definition) is 0. The van der Waals surface area contributed by atoms with Crippen LogP contribution in [0.25, 0.3) is 0 Å². The molecule has 30 heavy (non-hydrogen) atoms. The van der Waals surface area contributed by atoms with Gasteiger partial charge in [0.15, 0.2) is 0 Å². The van der Waals surface area contributed by atoms with Gasteiger partial charge in [-0.25, -0.2) is 0 Å². The predicted molar refractivity (Wildman–Crippen MR) is 122 cm³/mol. The van der Waals surface area contributed by atoms with E-state index in [0.29, 0.717) is 38.5 Å². The maximum absolute atomic E-state index is 13.1. The Bertz CT molecular complexity index is 831. The van der Waals surface area contributed by atoms with Crippen molar-refractivity contribution in [2.24, 2.45) is 5.92 Å². The molecule has 0 aliphatic carbocycles. The maximum Gasteiger partial charge on any atom is 0.242 e. The Hall–Kier alpha value is -2.27. The van der Waals surface area contributed by atoms with Crippen LogP contribution in [0, 0.1) is 5.92 Å². The summed E-state index contributed by atoms with van der Waals surface area (Å²) in [5.74, 6) is 0.364. The Morgan fingerprint density at radius 1 is 1.03 bits per heavy atom. The van der Waals surface area contributed by atoms with Gasteiger partial charge >= 0.3 is 0 Å². The van der Waals surface area contributed by atoms with E-state index in [0.717, 1.165) is 22.7 Å². The van der Waals surface area contributed by atoms with Gasteiger partial charge in [0, 0.05) is 43.0 Å². The van der Waals surface area contributed by atoms with Crippen molar-refractivity contribution >= 4 is 23.4 Å². The Kier molecular flexibility index (Phi) is 9.44. The number of halogens is 1. The molecule has 2 aromatic rings. The molecule has 0 radical (unpaired) electrons. The van der Waals surface area contributed by atoms with Crippen LogP contribution in [0.5, 0.6) is 0 Å². The Labute approximate surface area is 185 Å². The average Bonchev–Trinajstić information content (AvgIpc) is 3.13. The number of amides is 2. The third-order valence-corrected chi connectivity index (χ3v) is 5.41. The van der Waals surface area contributed by atoms with E-state index >= 15 is 0 Å². The molecule has 1 aromatic carbocycles. The minimum atomic E-state index is -0.0134. The molecular formula is C24H34ClN3O2. The Morgan fingerprint density at radius 2 is 1.77 bits per heavy atom. The first-order valence-electron chi connectivity index (χ1n) is 10.8. The highest BCUT2D eigenvalue weighted by molar-refractivity contribution is 6.31. The van der Waals surface area contributed by atoms with Crippen molar-refractivity contribution in [2.45, 2.75) is 53.6 Å². The lowest BCUT2D eigenvalue weighted by molar-refractivity contribution is -0.141. The van der Waals surface area contributed by atoms with Gasteiger partial charge in [-0.1, -0.05) is 50.6 Å². The molecule has 0 saturated heterocycles. The number of rotatable bonds is 11. The summed E-state index contributed by atoms with van der Waals surface area (Å²) in [7, 11) is 0. The molecule has 0 bridgehead atoms. The molecule has 0 unspecified atom stereocenters. The van der Waals surface area contributed by atoms with E-state index in [1.165, 1.54) is 0 Å². The summed E-state index contributed by atoms with van der Waals surface area (Å²) >= 11 is 6.33. The fourth-order valence-corrected chi connectivity index (χ4v) is 3.66. The van der Waals surface area contributed by atoms with Crippen LogP contribution >= 0.6 is 11.6 Å². The quantitative estimate of drug-likeness (QED) is 0.511. The minimum Gasteiger partial charge on any atom is -0.345 e. The van der Waals surface area contributed by atoms with Gasteiger partial charge in [0.1, 0.15) is 0 Å². The predicted octanol–water partition coefficient (Wildman–Crippen LogP) is 4.82. The summed E-state index contributed by atoms with van der Waals surface area (Å²) in [5.41, 5.74) is 2.09. The second-order valence-corrected chi connectivity index (χ2v) is 8.45. The van der Waals surface area contributed by atoms with Gasteiger partial charge in [-0.3, -0.25) is 9.59 Å². The first-order valence-corrected chi connectivity index (χ1v) is 11.2. The SMILES string of the molecule is CCCC(=O)N(CC)CC(=O)N(Cc1cccn1Cc1ccccc1Cl)CC(C)C. The van der Waals surface area contributed by atoms with Crippen molar-refractivity contribution in [1.29, 1.82) is 0 Å². The smallest absolute Gasteiger partial charge is 0.242 e. The van der Waals surface area contributed by atoms with E-state index in [1.54, 1.807) is 4.90 Å². The lowest BCUT2D eigenvalue weighted by Gasteiger charge is -2.29. The van der Waals surface area contributed by atoms with Gasteiger partial charge in [0.05, 0.1) is 13.1 Å². The molecule has 0 aliphatic rings. The van der Waals surface area contributed by atoms with Crippen LogP contribution in [0.2, 0.25) is 5.02 Å². The van der Waals surface area contributed by atoms with E-state index in [9.17, 15) is 9.59 Å². The largest absolute Gasteiger partial charge is 0.345 e. The molecule has 2 rings (SSSR count). The number of likely N-dealkylation sites (N-methyl/N-ethyl adjacent to an activating group) is 1. The third kappa shape index (κ3) is 6.91. The second kappa shape index (κ2) is 11.8. The maximum atomic E-state index is 13.1. The molecule has 2 amide bonds. The van der Waals surface area contributed by atoms with Crippen molar-refractivity contribution in [3.8, 4) is 0 Å². The molecule has 0 saturated carbocycles. The van der Waals surface area contributed by atoms with Gasteiger partial charge in [0.2, 0.25) is 11.8 Å². The monoisotopic (exact) mass is 431 g/mol. The van der Waals surface area contributed by atoms with Crippen molar-refractivity contribution < 1.29 is 9.59 Å². The molecule has 0 atom stereocenters. The van der Waals surface area contributed by atoms with Crippen molar-refractivity contribution in [3.63, 3.8) is 0 Å². The molecule has 0 N–H and O–H groups in total. The van der Waals surface area contributed by atoms with Crippen LogP contribution in [0.15, 0.2) is 42.6 Å². The van der Waals surface area contributed by atoms with Crippen LogP contribution in [0.4, 0.5) is 0 Å². The van der Waals surface area contributed by atoms with E-state index < -0.39 is 0 Å². The number of nitrogens with zero attached hydrogens (tertiary/aromatic N) is 3. The molecule has 1 heterocycles. The highest BCUT2D eigenvalue weighted by atomic mass is 35.5. The zero-order valence-corrected chi connectivity index (χ0v) is 19.4. The van der Waals surface area contributed by atoms with Gasteiger partial charge in [-0.15, -0.1) is 0 Å². The fourth-order valence-electron chi connectivity index (χ4n) is 3.46. The number of benzene rings is 1. The highest BCUT2D eigenvalue weighted by Crippen LogP contribution is 2.18. The molecule has 5 nitrogen and oxygen atoms in total. The standard InChI is InChI=1S/C24H34ClN3O2/c1-5-10-23(29)26(6-2)18-24(30)28(15-19(3)4)17-21-12-9-14-27(21)16-20-11-7-8-13-22(20)25/h7-9,11-14,19H,5-6,10,15-18H2,1-4H3. The van der Waals surface area contributed by atoms with Gasteiger partial charge < -0.3 is 14.4 Å². The molecule has 0 aliphatic heterocycles. The minimum absolute atomic E-state index is 0.0134. The summed E-state index contributed by atoms with van der Waals surface area (Å²) < 4.78 is 2.13. The molecule has 1 aromatic heterocycles. The fraction of sp³-hybridized carbons (Fsp3) is 0.500. The second-order valence-electron chi connectivity index (χ2n) is 8.04. The summed E-state index contributed by atoms with van der Waals surface area (Å²) in [5, 5.41) is 0.736. The van der Waals surface area contributed by atoms with E-state index in [4.69, 9.17) is 11.6 Å². The summed E-state index contributed by atoms with van der Waals surface area (Å²) in [6.07, 6.45) is 3.28. The summed E-state index contributed by atoms with van der Waals surface area (Å²) in [4.78, 5) is 28.9. The van der Waals surface area contributed by atoms with Gasteiger partial charge in [-0.2, -0.15) is 0 Å². The van der Waals surface area contributed by atoms with Crippen LogP contribution in [0.3, 0.4) is 0 Å². The Balaban J connectivity index is 2.15. The van der Waals surface area contributed by atoms with Crippen LogP contribution in [-0.2, 0) is 22.7 Å². The third-order valence-electron chi connectivity index (χ3n) is 5.04. The zero-order valence-electron chi connectivity index (χ0n) is 18.6. The molecular weight excluding hydrogens is 398 g/mol. The number of carbonyl (C=O) groups is 2. The summed E-state index contributed by atoms with van der Waals surface area (Å²) in [6, 6.07) is 11.8. The lowest BCUT2D eigenvalue weighted by Crippen LogP contribution is -2.44. The number of hydrogen-bond acceptors (Lipinski definition) is 2. The zero-order chi connectivity index (χ0) is 22.1. The van der Waals surface area contributed by atoms with Crippen molar-refractivity contribution in [3.05, 3.63) is 58.9 Å². The van der Waals surface area contributed by atoms with Gasteiger partial charge in [0.25, 0.3) is 0 Å². The van der Waals surface area contributed by atoms with E-state index in [2.05, 4.69) is 18.4 Å². The van der Waals surface area contributed by atoms with Crippen molar-refractivity contribution in [2.75, 3.05) is 19.6 Å². The molecule has 6 heteroatoms. The van der Waals surface area contributed by atoms with E-state index in [-0.39, 0.29) is 18.4 Å². The number of carbonyl (C=O) groups excluding carboxylic acids is 2. The first kappa shape index (κ1) is 24.0. The highest BCUT2D eigenvalue weighted by Gasteiger charge is 2.21. The Morgan fingerprint density at radius 3 is 2.40 bits per heavy atom. The van der Waals surface area contributed by atoms with Crippen molar-refractivity contribution in [1.82, 2.24) is 14.4 Å². The first-order chi connectivity index (χ1) is 14.3. The van der Waals surface area contributed by atoms with Gasteiger partial charge in [-0.05, 0) is 43.0 Å². The van der Waals surface area contributed by atoms with Crippen LogP contribution in [0.1, 0.15) is 51.8 Å². The normalized spacial score (nSPS) is 11.0. The topological polar surface area (TPSA) is 45.6 Å². The lowest BCUT2D eigenvalue weighted by atomic mass is 10.2. The molecule has 0 spiro atoms. The van der Waals surface area contributed by atoms with Crippen LogP contribution < -0.4 is 0 Å². The number of aromatic nitrogens is 1. The summed E-state index contributed by atoms with van der Waals surface area (Å²) in [6.45, 7) is 10.6. The molecule has 164 valence electrons.